The summed E-state index contributed by atoms with van der Waals surface area (Å²) in [6, 6.07) is 0. The molecule has 0 spiro atoms. The molecule has 0 amide bonds. The van der Waals surface area contributed by atoms with Crippen LogP contribution in [-0.2, 0) is 9.53 Å². The Balaban J connectivity index is 6.08. The molecule has 0 rings (SSSR count). The van der Waals surface area contributed by atoms with Gasteiger partial charge in [-0.1, -0.05) is 41.5 Å². The minimum absolute atomic E-state index is 0.0519. The molecule has 0 aromatic heterocycles. The number of hydrogen-bond acceptors (Lipinski definition) is 2. The first-order chi connectivity index (χ1) is 9.90. The van der Waals surface area contributed by atoms with Crippen LogP contribution in [0.2, 0.25) is 0 Å². The smallest absolute Gasteiger partial charge is 0.422 e. The van der Waals surface area contributed by atoms with Gasteiger partial charge in [0.05, 0.1) is 0 Å². The summed E-state index contributed by atoms with van der Waals surface area (Å²) in [4.78, 5) is 12.2. The summed E-state index contributed by atoms with van der Waals surface area (Å²) in [6.07, 6.45) is -10.6. The van der Waals surface area contributed by atoms with Crippen LogP contribution in [-0.4, -0.2) is 24.9 Å². The molecular formula is C15H24F6O2. The highest BCUT2D eigenvalue weighted by Gasteiger charge is 2.69. The lowest BCUT2D eigenvalue weighted by molar-refractivity contribution is -0.277. The molecule has 0 saturated carbocycles. The molecule has 23 heavy (non-hydrogen) atoms. The number of ether oxygens (including phenoxy) is 1. The molecule has 0 aromatic rings. The van der Waals surface area contributed by atoms with Crippen molar-refractivity contribution in [3.05, 3.63) is 0 Å². The number of hydrogen-bond donors (Lipinski definition) is 0. The fraction of sp³-hybridized carbons (Fsp3) is 0.933. The van der Waals surface area contributed by atoms with E-state index in [-0.39, 0.29) is 6.42 Å². The van der Waals surface area contributed by atoms with E-state index in [4.69, 9.17) is 0 Å². The van der Waals surface area contributed by atoms with Gasteiger partial charge in [0.25, 0.3) is 0 Å². The lowest BCUT2D eigenvalue weighted by Crippen LogP contribution is -2.57. The average Bonchev–Trinajstić information content (AvgIpc) is 2.29. The number of alkyl halides is 6. The molecular weight excluding hydrogens is 326 g/mol. The first kappa shape index (κ1) is 22.1. The molecule has 0 heterocycles. The van der Waals surface area contributed by atoms with Gasteiger partial charge in [0, 0.05) is 0 Å². The van der Waals surface area contributed by atoms with Crippen LogP contribution in [0.4, 0.5) is 26.3 Å². The summed E-state index contributed by atoms with van der Waals surface area (Å²) < 4.78 is 82.5. The van der Waals surface area contributed by atoms with E-state index in [1.165, 1.54) is 41.5 Å². The molecule has 0 aliphatic rings. The summed E-state index contributed by atoms with van der Waals surface area (Å²) >= 11 is 0. The van der Waals surface area contributed by atoms with Crippen LogP contribution in [0.25, 0.3) is 0 Å². The highest BCUT2D eigenvalue weighted by atomic mass is 19.4. The average molecular weight is 350 g/mol. The number of esters is 1. The third kappa shape index (κ3) is 5.28. The van der Waals surface area contributed by atoms with E-state index >= 15 is 0 Å². The van der Waals surface area contributed by atoms with Gasteiger partial charge in [-0.05, 0) is 23.7 Å². The van der Waals surface area contributed by atoms with Crippen LogP contribution in [0.5, 0.6) is 0 Å². The van der Waals surface area contributed by atoms with Gasteiger partial charge in [0.1, 0.15) is 0 Å². The zero-order valence-electron chi connectivity index (χ0n) is 14.2. The topological polar surface area (TPSA) is 26.3 Å². The van der Waals surface area contributed by atoms with Crippen molar-refractivity contribution in [2.24, 2.45) is 16.2 Å². The molecule has 0 fully saturated rings. The van der Waals surface area contributed by atoms with Crippen molar-refractivity contribution in [1.29, 1.82) is 0 Å². The summed E-state index contributed by atoms with van der Waals surface area (Å²) in [5.74, 6) is -1.87. The van der Waals surface area contributed by atoms with Gasteiger partial charge in [-0.2, -0.15) is 26.3 Å². The second-order valence-electron chi connectivity index (χ2n) is 7.57. The number of rotatable bonds is 5. The van der Waals surface area contributed by atoms with Gasteiger partial charge < -0.3 is 4.74 Å². The van der Waals surface area contributed by atoms with Crippen molar-refractivity contribution in [2.75, 3.05) is 6.61 Å². The van der Waals surface area contributed by atoms with Crippen LogP contribution in [0.15, 0.2) is 0 Å². The van der Waals surface area contributed by atoms with Crippen molar-refractivity contribution in [3.63, 3.8) is 0 Å². The van der Waals surface area contributed by atoms with Crippen molar-refractivity contribution >= 4 is 5.97 Å². The van der Waals surface area contributed by atoms with Crippen molar-refractivity contribution in [1.82, 2.24) is 0 Å². The van der Waals surface area contributed by atoms with Crippen LogP contribution >= 0.6 is 0 Å². The second-order valence-corrected chi connectivity index (χ2v) is 7.57. The van der Waals surface area contributed by atoms with Crippen molar-refractivity contribution in [3.8, 4) is 0 Å². The largest absolute Gasteiger partial charge is 0.455 e. The normalized spacial score (nSPS) is 16.9. The van der Waals surface area contributed by atoms with Crippen LogP contribution in [0, 0.1) is 16.2 Å². The summed E-state index contributed by atoms with van der Waals surface area (Å²) in [5, 5.41) is 0. The fourth-order valence-electron chi connectivity index (χ4n) is 2.56. The quantitative estimate of drug-likeness (QED) is 0.482. The molecule has 1 atom stereocenters. The predicted molar refractivity (Wildman–Crippen MR) is 73.6 cm³/mol. The van der Waals surface area contributed by atoms with E-state index in [1.807, 2.05) is 0 Å². The van der Waals surface area contributed by atoms with E-state index in [1.54, 1.807) is 0 Å². The highest BCUT2D eigenvalue weighted by molar-refractivity contribution is 5.79. The Hall–Kier alpha value is -0.950. The van der Waals surface area contributed by atoms with Crippen molar-refractivity contribution < 1.29 is 35.9 Å². The SMILES string of the molecule is CCC(C)(C)C(CC(C)(C)C)(C(=O)OCC(F)(F)F)C(F)(F)F. The number of halogens is 6. The lowest BCUT2D eigenvalue weighted by atomic mass is 9.57. The van der Waals surface area contributed by atoms with Crippen LogP contribution in [0.3, 0.4) is 0 Å². The van der Waals surface area contributed by atoms with Crippen molar-refractivity contribution in [2.45, 2.75) is 66.7 Å². The maximum atomic E-state index is 13.9. The minimum Gasteiger partial charge on any atom is -0.455 e. The monoisotopic (exact) mass is 350 g/mol. The first-order valence-electron chi connectivity index (χ1n) is 7.20. The standard InChI is InChI=1S/C15H24F6O2/c1-7-12(5,6)13(15(19,20)21,8-11(2,3)4)10(22)23-9-14(16,17)18/h7-9H2,1-6H3. The minimum atomic E-state index is -5.04. The van der Waals surface area contributed by atoms with Crippen LogP contribution < -0.4 is 0 Å². The number of carbonyl (C=O) groups is 1. The van der Waals surface area contributed by atoms with Gasteiger partial charge in [0.15, 0.2) is 12.0 Å². The van der Waals surface area contributed by atoms with Gasteiger partial charge in [0.2, 0.25) is 0 Å². The summed E-state index contributed by atoms with van der Waals surface area (Å²) in [5.41, 5.74) is -5.58. The van der Waals surface area contributed by atoms with Gasteiger partial charge in [-0.3, -0.25) is 4.79 Å². The Labute approximate surface area is 132 Å². The Bertz CT molecular complexity index is 417. The first-order valence-corrected chi connectivity index (χ1v) is 7.20. The molecule has 0 radical (unpaired) electrons. The maximum Gasteiger partial charge on any atom is 0.422 e. The molecule has 0 N–H and O–H groups in total. The highest BCUT2D eigenvalue weighted by Crippen LogP contribution is 2.58. The van der Waals surface area contributed by atoms with E-state index in [9.17, 15) is 31.1 Å². The van der Waals surface area contributed by atoms with E-state index in [2.05, 4.69) is 4.74 Å². The van der Waals surface area contributed by atoms with Crippen LogP contribution in [0.1, 0.15) is 54.4 Å². The third-order valence-corrected chi connectivity index (χ3v) is 4.03. The van der Waals surface area contributed by atoms with E-state index in [0.29, 0.717) is 0 Å². The van der Waals surface area contributed by atoms with E-state index < -0.39 is 47.6 Å². The second kappa shape index (κ2) is 6.51. The fourth-order valence-corrected chi connectivity index (χ4v) is 2.56. The Morgan fingerprint density at radius 1 is 0.913 bits per heavy atom. The predicted octanol–water partition coefficient (Wildman–Crippen LogP) is 5.51. The van der Waals surface area contributed by atoms with E-state index in [0.717, 1.165) is 0 Å². The molecule has 1 unspecified atom stereocenters. The molecule has 0 aliphatic heterocycles. The molecule has 138 valence electrons. The molecule has 8 heteroatoms. The zero-order chi connectivity index (χ0) is 18.9. The van der Waals surface area contributed by atoms with Gasteiger partial charge in [-0.15, -0.1) is 0 Å². The molecule has 0 saturated heterocycles. The Morgan fingerprint density at radius 2 is 1.35 bits per heavy atom. The molecule has 2 nitrogen and oxygen atoms in total. The van der Waals surface area contributed by atoms with Gasteiger partial charge in [-0.25, -0.2) is 0 Å². The molecule has 0 bridgehead atoms. The van der Waals surface area contributed by atoms with Gasteiger partial charge >= 0.3 is 18.3 Å². The maximum absolute atomic E-state index is 13.9. The number of carbonyl (C=O) groups excluding carboxylic acids is 1. The third-order valence-electron chi connectivity index (χ3n) is 4.03. The summed E-state index contributed by atoms with van der Waals surface area (Å²) in [6.45, 7) is 6.36. The zero-order valence-corrected chi connectivity index (χ0v) is 14.2. The molecule has 0 aliphatic carbocycles. The Kier molecular flexibility index (Phi) is 6.24. The summed E-state index contributed by atoms with van der Waals surface area (Å²) in [7, 11) is 0. The Morgan fingerprint density at radius 3 is 1.61 bits per heavy atom. The lowest BCUT2D eigenvalue weighted by Gasteiger charge is -2.48. The molecule has 0 aromatic carbocycles.